The van der Waals surface area contributed by atoms with Crippen molar-refractivity contribution in [1.29, 1.82) is 5.26 Å². The molecule has 0 N–H and O–H groups in total. The molecule has 0 aliphatic heterocycles. The Bertz CT molecular complexity index is 401. The molecule has 75 valence electrons. The molecule has 1 rings (SSSR count). The monoisotopic (exact) mass is 200 g/mol. The number of carbonyl (C=O) groups excluding carboxylic acids is 1. The van der Waals surface area contributed by atoms with Crippen LogP contribution >= 0.6 is 0 Å². The van der Waals surface area contributed by atoms with Gasteiger partial charge < -0.3 is 4.74 Å². The molecule has 15 heavy (non-hydrogen) atoms. The largest absolute Gasteiger partial charge is 0.462 e. The van der Waals surface area contributed by atoms with Crippen LogP contribution in [-0.2, 0) is 9.53 Å². The normalized spacial score (nSPS) is 10.5. The smallest absolute Gasteiger partial charge is 0.348 e. The summed E-state index contributed by atoms with van der Waals surface area (Å²) in [6.45, 7) is 1.96. The molecule has 0 amide bonds. The molecule has 1 radical (unpaired) electrons. The standard InChI is InChI=1S/C12H10NO2/c1-2-15-12(14)11(9-13)8-10-6-4-3-5-7-10/h3-6,8H,2H2,1H3. The van der Waals surface area contributed by atoms with Crippen LogP contribution in [-0.4, -0.2) is 12.6 Å². The Morgan fingerprint density at radius 1 is 1.67 bits per heavy atom. The molecule has 1 aromatic rings. The van der Waals surface area contributed by atoms with Crippen LogP contribution in [0.5, 0.6) is 0 Å². The predicted octanol–water partition coefficient (Wildman–Crippen LogP) is 1.96. The summed E-state index contributed by atoms with van der Waals surface area (Å²) in [5.74, 6) is -0.600. The van der Waals surface area contributed by atoms with Crippen molar-refractivity contribution in [2.24, 2.45) is 0 Å². The number of nitrogens with zero attached hydrogens (tertiary/aromatic N) is 1. The Hall–Kier alpha value is -2.08. The number of hydrogen-bond acceptors (Lipinski definition) is 3. The van der Waals surface area contributed by atoms with Crippen LogP contribution < -0.4 is 0 Å². The Labute approximate surface area is 88.6 Å². The Balaban J connectivity index is 2.89. The van der Waals surface area contributed by atoms with E-state index >= 15 is 0 Å². The number of hydrogen-bond donors (Lipinski definition) is 0. The highest BCUT2D eigenvalue weighted by atomic mass is 16.5. The van der Waals surface area contributed by atoms with Crippen LogP contribution in [0.15, 0.2) is 29.8 Å². The van der Waals surface area contributed by atoms with Crippen LogP contribution in [0.2, 0.25) is 0 Å². The second kappa shape index (κ2) is 5.61. The molecule has 0 atom stereocenters. The maximum atomic E-state index is 11.3. The van der Waals surface area contributed by atoms with E-state index in [2.05, 4.69) is 6.07 Å². The first-order valence-corrected chi connectivity index (χ1v) is 4.53. The zero-order valence-electron chi connectivity index (χ0n) is 8.36. The molecule has 0 aliphatic carbocycles. The lowest BCUT2D eigenvalue weighted by atomic mass is 10.1. The summed E-state index contributed by atoms with van der Waals surface area (Å²) in [6, 6.07) is 11.8. The van der Waals surface area contributed by atoms with Crippen molar-refractivity contribution in [3.63, 3.8) is 0 Å². The van der Waals surface area contributed by atoms with Crippen molar-refractivity contribution in [1.82, 2.24) is 0 Å². The van der Waals surface area contributed by atoms with Crippen molar-refractivity contribution in [3.05, 3.63) is 41.5 Å². The van der Waals surface area contributed by atoms with E-state index in [9.17, 15) is 4.79 Å². The minimum atomic E-state index is -0.600. The van der Waals surface area contributed by atoms with E-state index < -0.39 is 5.97 Å². The number of nitriles is 1. The summed E-state index contributed by atoms with van der Waals surface area (Å²) < 4.78 is 4.72. The van der Waals surface area contributed by atoms with Crippen molar-refractivity contribution >= 4 is 12.0 Å². The third kappa shape index (κ3) is 3.28. The molecule has 3 nitrogen and oxygen atoms in total. The Morgan fingerprint density at radius 2 is 2.47 bits per heavy atom. The zero-order valence-corrected chi connectivity index (χ0v) is 8.36. The lowest BCUT2D eigenvalue weighted by Crippen LogP contribution is -2.05. The summed E-state index contributed by atoms with van der Waals surface area (Å²) in [6.07, 6.45) is 1.46. The van der Waals surface area contributed by atoms with Gasteiger partial charge >= 0.3 is 5.97 Å². The van der Waals surface area contributed by atoms with Gasteiger partial charge in [-0.3, -0.25) is 0 Å². The van der Waals surface area contributed by atoms with Gasteiger partial charge in [0.25, 0.3) is 0 Å². The molecule has 0 fully saturated rings. The second-order valence-electron chi connectivity index (χ2n) is 2.71. The van der Waals surface area contributed by atoms with Gasteiger partial charge in [0.1, 0.15) is 11.6 Å². The average molecular weight is 200 g/mol. The van der Waals surface area contributed by atoms with E-state index in [1.165, 1.54) is 6.08 Å². The lowest BCUT2D eigenvalue weighted by Gasteiger charge is -1.98. The molecule has 0 bridgehead atoms. The topological polar surface area (TPSA) is 50.1 Å². The summed E-state index contributed by atoms with van der Waals surface area (Å²) >= 11 is 0. The van der Waals surface area contributed by atoms with E-state index in [0.717, 1.165) is 0 Å². The SMILES string of the molecule is CCOC(=O)C(C#N)=Cc1[c]cccc1. The molecule has 0 spiro atoms. The minimum absolute atomic E-state index is 0.0145. The fourth-order valence-corrected chi connectivity index (χ4v) is 0.998. The van der Waals surface area contributed by atoms with Gasteiger partial charge in [0.2, 0.25) is 0 Å². The molecule has 0 heterocycles. The van der Waals surface area contributed by atoms with E-state index in [4.69, 9.17) is 10.00 Å². The molecule has 0 aliphatic rings. The molecule has 0 saturated heterocycles. The number of esters is 1. The average Bonchev–Trinajstić information content (AvgIpc) is 2.27. The highest BCUT2D eigenvalue weighted by molar-refractivity contribution is 5.97. The Morgan fingerprint density at radius 3 is 3.00 bits per heavy atom. The summed E-state index contributed by atoms with van der Waals surface area (Å²) in [5, 5.41) is 8.75. The quantitative estimate of drug-likeness (QED) is 0.425. The highest BCUT2D eigenvalue weighted by Gasteiger charge is 2.08. The van der Waals surface area contributed by atoms with Crippen molar-refractivity contribution in [3.8, 4) is 6.07 Å². The fraction of sp³-hybridized carbons (Fsp3) is 0.167. The summed E-state index contributed by atoms with van der Waals surface area (Å²) in [7, 11) is 0. The Kier molecular flexibility index (Phi) is 4.11. The van der Waals surface area contributed by atoms with Crippen LogP contribution in [0.1, 0.15) is 12.5 Å². The van der Waals surface area contributed by atoms with E-state index in [1.807, 2.05) is 12.1 Å². The molecule has 3 heteroatoms. The van der Waals surface area contributed by atoms with Gasteiger partial charge in [-0.15, -0.1) is 0 Å². The maximum Gasteiger partial charge on any atom is 0.348 e. The first-order valence-electron chi connectivity index (χ1n) is 4.53. The fourth-order valence-electron chi connectivity index (χ4n) is 0.998. The third-order valence-electron chi connectivity index (χ3n) is 1.65. The van der Waals surface area contributed by atoms with E-state index in [0.29, 0.717) is 5.56 Å². The van der Waals surface area contributed by atoms with Crippen LogP contribution in [0.3, 0.4) is 0 Å². The molecular formula is C12H10NO2. The van der Waals surface area contributed by atoms with E-state index in [1.54, 1.807) is 25.1 Å². The van der Waals surface area contributed by atoms with Gasteiger partial charge in [-0.05, 0) is 24.6 Å². The molecule has 0 unspecified atom stereocenters. The third-order valence-corrected chi connectivity index (χ3v) is 1.65. The molecule has 0 saturated carbocycles. The zero-order chi connectivity index (χ0) is 11.1. The molecular weight excluding hydrogens is 190 g/mol. The number of ether oxygens (including phenoxy) is 1. The number of carbonyl (C=O) groups is 1. The van der Waals surface area contributed by atoms with Gasteiger partial charge in [0, 0.05) is 0 Å². The minimum Gasteiger partial charge on any atom is -0.462 e. The highest BCUT2D eigenvalue weighted by Crippen LogP contribution is 2.06. The van der Waals surface area contributed by atoms with Crippen molar-refractivity contribution < 1.29 is 9.53 Å². The van der Waals surface area contributed by atoms with Crippen LogP contribution in [0, 0.1) is 17.4 Å². The summed E-state index contributed by atoms with van der Waals surface area (Å²) in [4.78, 5) is 11.3. The number of rotatable bonds is 3. The van der Waals surface area contributed by atoms with Gasteiger partial charge in [0.05, 0.1) is 6.61 Å². The van der Waals surface area contributed by atoms with Crippen molar-refractivity contribution in [2.45, 2.75) is 6.92 Å². The van der Waals surface area contributed by atoms with Gasteiger partial charge in [-0.2, -0.15) is 5.26 Å². The lowest BCUT2D eigenvalue weighted by molar-refractivity contribution is -0.137. The first-order chi connectivity index (χ1) is 7.27. The second-order valence-corrected chi connectivity index (χ2v) is 2.71. The first kappa shape index (κ1) is 11.0. The number of benzene rings is 1. The van der Waals surface area contributed by atoms with Crippen molar-refractivity contribution in [2.75, 3.05) is 6.61 Å². The van der Waals surface area contributed by atoms with Gasteiger partial charge in [-0.1, -0.05) is 24.3 Å². The molecule has 1 aromatic carbocycles. The van der Waals surface area contributed by atoms with Gasteiger partial charge in [-0.25, -0.2) is 4.79 Å². The van der Waals surface area contributed by atoms with Crippen LogP contribution in [0.4, 0.5) is 0 Å². The van der Waals surface area contributed by atoms with Gasteiger partial charge in [0.15, 0.2) is 0 Å². The van der Waals surface area contributed by atoms with Crippen LogP contribution in [0.25, 0.3) is 6.08 Å². The molecule has 0 aromatic heterocycles. The van der Waals surface area contributed by atoms with E-state index in [-0.39, 0.29) is 12.2 Å². The predicted molar refractivity (Wildman–Crippen MR) is 55.5 cm³/mol. The summed E-state index contributed by atoms with van der Waals surface area (Å²) in [5.41, 5.74) is 0.668. The maximum absolute atomic E-state index is 11.3.